The van der Waals surface area contributed by atoms with Crippen molar-refractivity contribution in [2.24, 2.45) is 0 Å². The highest BCUT2D eigenvalue weighted by atomic mass is 32.3. The average Bonchev–Trinajstić information content (AvgIpc) is 2.93. The first kappa shape index (κ1) is 31.0. The molecule has 1 aliphatic rings. The topological polar surface area (TPSA) is 67.2 Å². The van der Waals surface area contributed by atoms with E-state index in [4.69, 9.17) is 24.2 Å². The molecule has 0 aliphatic carbocycles. The summed E-state index contributed by atoms with van der Waals surface area (Å²) in [6, 6.07) is 18.3. The summed E-state index contributed by atoms with van der Waals surface area (Å²) in [4.78, 5) is 4.60. The van der Waals surface area contributed by atoms with Crippen LogP contribution in [0.5, 0.6) is 0 Å². The SMILES string of the molecule is CS(C)(C)C#Cc1ccc(N2CCOCCOCCN(Cc3ccc(C#N)cc3)CCOCCOCC2)cc1. The Balaban J connectivity index is 1.49. The van der Waals surface area contributed by atoms with E-state index in [1.54, 1.807) is 0 Å². The van der Waals surface area contributed by atoms with Crippen molar-refractivity contribution in [3.05, 3.63) is 65.2 Å². The van der Waals surface area contributed by atoms with Crippen molar-refractivity contribution < 1.29 is 18.9 Å². The van der Waals surface area contributed by atoms with E-state index >= 15 is 0 Å². The highest BCUT2D eigenvalue weighted by Gasteiger charge is 2.09. The van der Waals surface area contributed by atoms with Crippen molar-refractivity contribution in [2.75, 3.05) is 103 Å². The minimum atomic E-state index is -0.845. The summed E-state index contributed by atoms with van der Waals surface area (Å²) in [7, 11) is -0.845. The highest BCUT2D eigenvalue weighted by molar-refractivity contribution is 8.35. The van der Waals surface area contributed by atoms with Gasteiger partial charge in [-0.15, -0.1) is 0 Å². The Morgan fingerprint density at radius 1 is 0.667 bits per heavy atom. The molecule has 0 radical (unpaired) electrons. The molecular formula is C31H43N3O4S. The Bertz CT molecular complexity index is 1050. The Morgan fingerprint density at radius 3 is 1.64 bits per heavy atom. The molecule has 2 aromatic rings. The number of benzene rings is 2. The molecule has 0 bridgehead atoms. The number of rotatable bonds is 3. The van der Waals surface area contributed by atoms with E-state index in [9.17, 15) is 0 Å². The zero-order chi connectivity index (χ0) is 27.8. The number of ether oxygens (including phenoxy) is 4. The number of nitriles is 1. The van der Waals surface area contributed by atoms with Gasteiger partial charge in [-0.05, 0) is 66.0 Å². The van der Waals surface area contributed by atoms with Crippen LogP contribution in [0, 0.1) is 22.5 Å². The van der Waals surface area contributed by atoms with Crippen molar-refractivity contribution in [2.45, 2.75) is 6.54 Å². The van der Waals surface area contributed by atoms with Gasteiger partial charge in [-0.3, -0.25) is 4.90 Å². The Morgan fingerprint density at radius 2 is 1.15 bits per heavy atom. The van der Waals surface area contributed by atoms with E-state index in [1.807, 2.05) is 24.3 Å². The summed E-state index contributed by atoms with van der Waals surface area (Å²) in [5, 5.41) is 12.4. The van der Waals surface area contributed by atoms with Gasteiger partial charge in [-0.1, -0.05) is 18.1 Å². The Kier molecular flexibility index (Phi) is 13.7. The molecule has 212 valence electrons. The molecule has 0 saturated carbocycles. The maximum Gasteiger partial charge on any atom is 0.0991 e. The molecule has 8 heteroatoms. The van der Waals surface area contributed by atoms with Gasteiger partial charge in [0.15, 0.2) is 0 Å². The quantitative estimate of drug-likeness (QED) is 0.534. The van der Waals surface area contributed by atoms with Crippen LogP contribution in [0.3, 0.4) is 0 Å². The first-order valence-electron chi connectivity index (χ1n) is 13.5. The monoisotopic (exact) mass is 553 g/mol. The summed E-state index contributed by atoms with van der Waals surface area (Å²) in [5.41, 5.74) is 4.02. The van der Waals surface area contributed by atoms with E-state index in [-0.39, 0.29) is 0 Å². The fraction of sp³-hybridized carbons (Fsp3) is 0.516. The molecule has 1 saturated heterocycles. The lowest BCUT2D eigenvalue weighted by molar-refractivity contribution is 0.0211. The standard InChI is InChI=1S/C31H43N3O4S/c1-39(2,3)25-12-28-8-10-31(11-9-28)34-15-19-37-23-21-35-17-13-33(14-18-36-22-24-38-20-16-34)27-30-6-4-29(26-32)5-7-30/h4-11H,13-24,27H2,1-3H3. The predicted octanol–water partition coefficient (Wildman–Crippen LogP) is 3.95. The van der Waals surface area contributed by atoms with Crippen LogP contribution >= 0.6 is 10.0 Å². The first-order chi connectivity index (χ1) is 18.9. The summed E-state index contributed by atoms with van der Waals surface area (Å²) in [6.45, 7) is 8.66. The molecular weight excluding hydrogens is 510 g/mol. The van der Waals surface area contributed by atoms with Crippen LogP contribution in [0.25, 0.3) is 0 Å². The lowest BCUT2D eigenvalue weighted by Crippen LogP contribution is -2.33. The van der Waals surface area contributed by atoms with Gasteiger partial charge in [0.1, 0.15) is 0 Å². The van der Waals surface area contributed by atoms with Crippen LogP contribution in [0.1, 0.15) is 16.7 Å². The van der Waals surface area contributed by atoms with Gasteiger partial charge < -0.3 is 23.8 Å². The number of nitrogens with zero attached hydrogens (tertiary/aromatic N) is 3. The Hall–Kier alpha value is -2.56. The molecule has 0 spiro atoms. The molecule has 0 unspecified atom stereocenters. The first-order valence-corrected chi connectivity index (χ1v) is 16.4. The van der Waals surface area contributed by atoms with Gasteiger partial charge in [0.25, 0.3) is 0 Å². The van der Waals surface area contributed by atoms with Crippen molar-refractivity contribution in [3.8, 4) is 17.2 Å². The number of anilines is 1. The average molecular weight is 554 g/mol. The molecule has 0 amide bonds. The van der Waals surface area contributed by atoms with E-state index in [1.165, 1.54) is 5.56 Å². The third-order valence-corrected chi connectivity index (χ3v) is 6.80. The molecule has 2 aromatic carbocycles. The fourth-order valence-electron chi connectivity index (χ4n) is 3.93. The number of hydrogen-bond acceptors (Lipinski definition) is 7. The van der Waals surface area contributed by atoms with Gasteiger partial charge in [-0.25, -0.2) is 0 Å². The summed E-state index contributed by atoms with van der Waals surface area (Å²) in [6.07, 6.45) is 6.60. The van der Waals surface area contributed by atoms with Gasteiger partial charge >= 0.3 is 0 Å². The maximum atomic E-state index is 9.03. The van der Waals surface area contributed by atoms with Crippen molar-refractivity contribution in [1.29, 1.82) is 5.26 Å². The molecule has 1 aliphatic heterocycles. The van der Waals surface area contributed by atoms with E-state index < -0.39 is 10.0 Å². The van der Waals surface area contributed by atoms with Gasteiger partial charge in [0, 0.05) is 44.0 Å². The van der Waals surface area contributed by atoms with Crippen molar-refractivity contribution in [1.82, 2.24) is 4.90 Å². The molecule has 0 N–H and O–H groups in total. The fourth-order valence-corrected chi connectivity index (χ4v) is 4.36. The third-order valence-electron chi connectivity index (χ3n) is 6.08. The van der Waals surface area contributed by atoms with Crippen LogP contribution in [0.4, 0.5) is 5.69 Å². The maximum absolute atomic E-state index is 9.03. The van der Waals surface area contributed by atoms with Crippen LogP contribution in [-0.2, 0) is 25.5 Å². The zero-order valence-electron chi connectivity index (χ0n) is 23.7. The van der Waals surface area contributed by atoms with E-state index in [0.29, 0.717) is 58.4 Å². The van der Waals surface area contributed by atoms with Crippen LogP contribution < -0.4 is 4.90 Å². The minimum Gasteiger partial charge on any atom is -0.378 e. The van der Waals surface area contributed by atoms with Gasteiger partial charge in [0.05, 0.1) is 64.5 Å². The lowest BCUT2D eigenvalue weighted by Gasteiger charge is -2.25. The van der Waals surface area contributed by atoms with Crippen LogP contribution in [0.2, 0.25) is 0 Å². The zero-order valence-corrected chi connectivity index (χ0v) is 24.5. The second kappa shape index (κ2) is 17.2. The molecule has 0 atom stereocenters. The van der Waals surface area contributed by atoms with Gasteiger partial charge in [0.2, 0.25) is 0 Å². The summed E-state index contributed by atoms with van der Waals surface area (Å²) >= 11 is 0. The Labute approximate surface area is 236 Å². The summed E-state index contributed by atoms with van der Waals surface area (Å²) < 4.78 is 23.5. The van der Waals surface area contributed by atoms with Crippen LogP contribution in [-0.4, -0.2) is 103 Å². The van der Waals surface area contributed by atoms with E-state index in [0.717, 1.165) is 44.0 Å². The molecule has 3 rings (SSSR count). The third kappa shape index (κ3) is 12.9. The molecule has 1 heterocycles. The smallest absolute Gasteiger partial charge is 0.0991 e. The second-order valence-corrected chi connectivity index (χ2v) is 14.0. The predicted molar refractivity (Wildman–Crippen MR) is 161 cm³/mol. The molecule has 0 aromatic heterocycles. The highest BCUT2D eigenvalue weighted by Crippen LogP contribution is 2.32. The molecule has 7 nitrogen and oxygen atoms in total. The minimum absolute atomic E-state index is 0.562. The van der Waals surface area contributed by atoms with E-state index in [2.05, 4.69) is 70.1 Å². The van der Waals surface area contributed by atoms with Crippen molar-refractivity contribution >= 4 is 15.7 Å². The molecule has 1 fully saturated rings. The summed E-state index contributed by atoms with van der Waals surface area (Å²) in [5.74, 6) is 3.30. The molecule has 39 heavy (non-hydrogen) atoms. The largest absolute Gasteiger partial charge is 0.378 e. The van der Waals surface area contributed by atoms with Gasteiger partial charge in [-0.2, -0.15) is 15.3 Å². The normalized spacial score (nSPS) is 18.2. The van der Waals surface area contributed by atoms with Crippen LogP contribution in [0.15, 0.2) is 48.5 Å². The lowest BCUT2D eigenvalue weighted by atomic mass is 10.1. The number of hydrogen-bond donors (Lipinski definition) is 0. The van der Waals surface area contributed by atoms with Crippen molar-refractivity contribution in [3.63, 3.8) is 0 Å². The second-order valence-electron chi connectivity index (χ2n) is 10.1.